The Hall–Kier alpha value is -2.94. The van der Waals surface area contributed by atoms with E-state index in [2.05, 4.69) is 26.7 Å². The van der Waals surface area contributed by atoms with Crippen LogP contribution >= 0.6 is 0 Å². The molecule has 1 N–H and O–H groups in total. The largest absolute Gasteiger partial charge is 0.366 e. The SMILES string of the molecule is N#Cc1ccc(-c2nnc3ccc(NC4CC4)nn23)cc1. The third kappa shape index (κ3) is 2.19. The van der Waals surface area contributed by atoms with Crippen LogP contribution in [0.1, 0.15) is 18.4 Å². The number of nitriles is 1. The van der Waals surface area contributed by atoms with Crippen molar-refractivity contribution in [2.24, 2.45) is 0 Å². The highest BCUT2D eigenvalue weighted by molar-refractivity contribution is 5.60. The Labute approximate surface area is 121 Å². The Morgan fingerprint density at radius 3 is 2.62 bits per heavy atom. The summed E-state index contributed by atoms with van der Waals surface area (Å²) >= 11 is 0. The van der Waals surface area contributed by atoms with Crippen LogP contribution in [0.4, 0.5) is 5.82 Å². The van der Waals surface area contributed by atoms with Crippen molar-refractivity contribution < 1.29 is 0 Å². The van der Waals surface area contributed by atoms with Gasteiger partial charge in [-0.1, -0.05) is 0 Å². The minimum atomic E-state index is 0.546. The fourth-order valence-corrected chi connectivity index (χ4v) is 2.18. The van der Waals surface area contributed by atoms with E-state index < -0.39 is 0 Å². The van der Waals surface area contributed by atoms with Crippen molar-refractivity contribution >= 4 is 11.5 Å². The molecule has 4 rings (SSSR count). The lowest BCUT2D eigenvalue weighted by atomic mass is 10.1. The van der Waals surface area contributed by atoms with Gasteiger partial charge < -0.3 is 5.32 Å². The third-order valence-corrected chi connectivity index (χ3v) is 3.46. The van der Waals surface area contributed by atoms with E-state index in [1.54, 1.807) is 16.6 Å². The summed E-state index contributed by atoms with van der Waals surface area (Å²) in [5, 5.41) is 25.1. The monoisotopic (exact) mass is 276 g/mol. The maximum Gasteiger partial charge on any atom is 0.185 e. The van der Waals surface area contributed by atoms with Crippen LogP contribution in [0.2, 0.25) is 0 Å². The van der Waals surface area contributed by atoms with Gasteiger partial charge in [0.15, 0.2) is 11.5 Å². The first-order valence-electron chi connectivity index (χ1n) is 6.83. The van der Waals surface area contributed by atoms with Crippen molar-refractivity contribution in [1.29, 1.82) is 5.26 Å². The standard InChI is InChI=1S/C15H12N6/c16-9-10-1-3-11(4-2-10)15-19-18-14-8-7-13(20-21(14)15)17-12-5-6-12/h1-4,7-8,12H,5-6H2,(H,17,20). The number of hydrogen-bond donors (Lipinski definition) is 1. The van der Waals surface area contributed by atoms with Gasteiger partial charge in [0.1, 0.15) is 5.82 Å². The lowest BCUT2D eigenvalue weighted by molar-refractivity contribution is 0.924. The number of anilines is 1. The van der Waals surface area contributed by atoms with Crippen molar-refractivity contribution in [2.75, 3.05) is 5.32 Å². The highest BCUT2D eigenvalue weighted by Gasteiger charge is 2.21. The van der Waals surface area contributed by atoms with E-state index in [0.717, 1.165) is 11.4 Å². The van der Waals surface area contributed by atoms with E-state index >= 15 is 0 Å². The minimum absolute atomic E-state index is 0.546. The Morgan fingerprint density at radius 1 is 1.10 bits per heavy atom. The molecule has 0 atom stereocenters. The number of aromatic nitrogens is 4. The van der Waals surface area contributed by atoms with Crippen LogP contribution in [-0.2, 0) is 0 Å². The smallest absolute Gasteiger partial charge is 0.185 e. The Bertz CT molecular complexity index is 839. The normalized spacial score (nSPS) is 14.0. The third-order valence-electron chi connectivity index (χ3n) is 3.46. The van der Waals surface area contributed by atoms with E-state index in [-0.39, 0.29) is 0 Å². The number of nitrogens with zero attached hydrogens (tertiary/aromatic N) is 5. The molecule has 0 radical (unpaired) electrons. The molecule has 1 aliphatic carbocycles. The minimum Gasteiger partial charge on any atom is -0.366 e. The van der Waals surface area contributed by atoms with Crippen LogP contribution < -0.4 is 5.32 Å². The molecule has 0 aliphatic heterocycles. The second-order valence-electron chi connectivity index (χ2n) is 5.12. The van der Waals surface area contributed by atoms with Gasteiger partial charge in [0, 0.05) is 11.6 Å². The molecule has 0 saturated heterocycles. The van der Waals surface area contributed by atoms with Gasteiger partial charge in [0.05, 0.1) is 11.6 Å². The fraction of sp³-hybridized carbons (Fsp3) is 0.200. The van der Waals surface area contributed by atoms with E-state index in [9.17, 15) is 0 Å². The van der Waals surface area contributed by atoms with Gasteiger partial charge in [-0.2, -0.15) is 9.78 Å². The molecule has 6 heteroatoms. The van der Waals surface area contributed by atoms with Crippen LogP contribution in [-0.4, -0.2) is 25.9 Å². The second kappa shape index (κ2) is 4.56. The summed E-state index contributed by atoms with van der Waals surface area (Å²) in [5.74, 6) is 1.51. The molecular weight excluding hydrogens is 264 g/mol. The molecular formula is C15H12N6. The summed E-state index contributed by atoms with van der Waals surface area (Å²) in [5.41, 5.74) is 2.21. The predicted molar refractivity (Wildman–Crippen MR) is 77.6 cm³/mol. The van der Waals surface area contributed by atoms with Gasteiger partial charge in [-0.15, -0.1) is 15.3 Å². The maximum absolute atomic E-state index is 8.85. The van der Waals surface area contributed by atoms with Gasteiger partial charge in [0.2, 0.25) is 0 Å². The number of hydrogen-bond acceptors (Lipinski definition) is 5. The van der Waals surface area contributed by atoms with Crippen molar-refractivity contribution in [3.63, 3.8) is 0 Å². The van der Waals surface area contributed by atoms with Gasteiger partial charge in [-0.3, -0.25) is 0 Å². The van der Waals surface area contributed by atoms with Gasteiger partial charge in [-0.25, -0.2) is 0 Å². The lowest BCUT2D eigenvalue weighted by Gasteiger charge is -2.04. The van der Waals surface area contributed by atoms with Crippen LogP contribution in [0.5, 0.6) is 0 Å². The molecule has 1 saturated carbocycles. The maximum atomic E-state index is 8.85. The van der Waals surface area contributed by atoms with Crippen LogP contribution in [0.25, 0.3) is 17.0 Å². The Balaban J connectivity index is 1.77. The quantitative estimate of drug-likeness (QED) is 0.793. The molecule has 0 amide bonds. The van der Waals surface area contributed by atoms with E-state index in [1.165, 1.54) is 12.8 Å². The van der Waals surface area contributed by atoms with E-state index in [0.29, 0.717) is 23.1 Å². The Morgan fingerprint density at radius 2 is 1.90 bits per heavy atom. The molecule has 21 heavy (non-hydrogen) atoms. The summed E-state index contributed by atoms with van der Waals surface area (Å²) in [6, 6.07) is 13.7. The van der Waals surface area contributed by atoms with Crippen molar-refractivity contribution in [3.05, 3.63) is 42.0 Å². The highest BCUT2D eigenvalue weighted by atomic mass is 15.4. The summed E-state index contributed by atoms with van der Waals surface area (Å²) in [4.78, 5) is 0. The molecule has 2 heterocycles. The molecule has 3 aromatic rings. The number of benzene rings is 1. The highest BCUT2D eigenvalue weighted by Crippen LogP contribution is 2.24. The predicted octanol–water partition coefficient (Wildman–Crippen LogP) is 2.24. The topological polar surface area (TPSA) is 78.9 Å². The fourth-order valence-electron chi connectivity index (χ4n) is 2.18. The molecule has 1 aliphatic rings. The van der Waals surface area contributed by atoms with Gasteiger partial charge in [-0.05, 0) is 49.2 Å². The molecule has 1 fully saturated rings. The Kier molecular flexibility index (Phi) is 2.57. The van der Waals surface area contributed by atoms with Crippen LogP contribution in [0.15, 0.2) is 36.4 Å². The number of fused-ring (bicyclic) bond motifs is 1. The first-order valence-corrected chi connectivity index (χ1v) is 6.83. The van der Waals surface area contributed by atoms with Crippen molar-refractivity contribution in [1.82, 2.24) is 19.8 Å². The van der Waals surface area contributed by atoms with E-state index in [1.807, 2.05) is 24.3 Å². The summed E-state index contributed by atoms with van der Waals surface area (Å²) in [7, 11) is 0. The first kappa shape index (κ1) is 11.9. The van der Waals surface area contributed by atoms with Crippen molar-refractivity contribution in [3.8, 4) is 17.5 Å². The molecule has 0 unspecified atom stereocenters. The van der Waals surface area contributed by atoms with Crippen LogP contribution in [0.3, 0.4) is 0 Å². The first-order chi connectivity index (χ1) is 10.3. The lowest BCUT2D eigenvalue weighted by Crippen LogP contribution is -2.06. The van der Waals surface area contributed by atoms with Crippen LogP contribution in [0, 0.1) is 11.3 Å². The average molecular weight is 276 g/mol. The summed E-state index contributed by atoms with van der Waals surface area (Å²) in [6.07, 6.45) is 2.40. The second-order valence-corrected chi connectivity index (χ2v) is 5.12. The molecule has 1 aromatic carbocycles. The molecule has 102 valence electrons. The van der Waals surface area contributed by atoms with Crippen molar-refractivity contribution in [2.45, 2.75) is 18.9 Å². The molecule has 6 nitrogen and oxygen atoms in total. The zero-order valence-electron chi connectivity index (χ0n) is 11.2. The molecule has 2 aromatic heterocycles. The zero-order chi connectivity index (χ0) is 14.2. The summed E-state index contributed by atoms with van der Waals surface area (Å²) < 4.78 is 1.73. The number of nitrogens with one attached hydrogen (secondary N) is 1. The average Bonchev–Trinajstić information content (AvgIpc) is 3.24. The molecule has 0 bridgehead atoms. The van der Waals surface area contributed by atoms with Gasteiger partial charge in [0.25, 0.3) is 0 Å². The zero-order valence-corrected chi connectivity index (χ0v) is 11.2. The molecule has 0 spiro atoms. The summed E-state index contributed by atoms with van der Waals surface area (Å²) in [6.45, 7) is 0. The number of rotatable bonds is 3. The van der Waals surface area contributed by atoms with Gasteiger partial charge >= 0.3 is 0 Å². The van der Waals surface area contributed by atoms with E-state index in [4.69, 9.17) is 5.26 Å².